The summed E-state index contributed by atoms with van der Waals surface area (Å²) in [6.07, 6.45) is -0.401. The Labute approximate surface area is 291 Å². The number of anilines is 1. The molecule has 0 unspecified atom stereocenters. The van der Waals surface area contributed by atoms with Crippen molar-refractivity contribution in [1.82, 2.24) is 0 Å². The number of carbonyl (C=O) groups excluding carboxylic acids is 3. The molecule has 0 aromatic heterocycles. The molecular weight excluding hydrogens is 702 g/mol. The van der Waals surface area contributed by atoms with Crippen LogP contribution in [0.2, 0.25) is 0 Å². The van der Waals surface area contributed by atoms with Crippen LogP contribution in [0, 0.1) is 11.7 Å². The van der Waals surface area contributed by atoms with Crippen LogP contribution in [-0.4, -0.2) is 50.8 Å². The van der Waals surface area contributed by atoms with Gasteiger partial charge >= 0.3 is 27.6 Å². The van der Waals surface area contributed by atoms with Crippen molar-refractivity contribution in [2.45, 2.75) is 69.6 Å². The Morgan fingerprint density at radius 2 is 1.51 bits per heavy atom. The van der Waals surface area contributed by atoms with Crippen LogP contribution in [0.15, 0.2) is 72.8 Å². The number of hydrogen-bond donors (Lipinski definition) is 0. The second-order valence-electron chi connectivity index (χ2n) is 12.7. The van der Waals surface area contributed by atoms with E-state index in [0.717, 1.165) is 12.1 Å². The van der Waals surface area contributed by atoms with Gasteiger partial charge in [0.2, 0.25) is 5.91 Å². The molecule has 5 rings (SSSR count). The van der Waals surface area contributed by atoms with Gasteiger partial charge in [0, 0.05) is 25.1 Å². The average Bonchev–Trinajstić information content (AvgIpc) is 3.04. The van der Waals surface area contributed by atoms with Gasteiger partial charge in [0.1, 0.15) is 17.7 Å². The van der Waals surface area contributed by atoms with E-state index in [9.17, 15) is 40.4 Å². The third-order valence-corrected chi connectivity index (χ3v) is 9.51. The lowest BCUT2D eigenvalue weighted by Gasteiger charge is -2.48. The Kier molecular flexibility index (Phi) is 10.5. The predicted molar refractivity (Wildman–Crippen MR) is 172 cm³/mol. The fourth-order valence-corrected chi connectivity index (χ4v) is 6.50. The van der Waals surface area contributed by atoms with Crippen LogP contribution in [0.25, 0.3) is 0 Å². The van der Waals surface area contributed by atoms with Crippen molar-refractivity contribution < 1.29 is 63.5 Å². The summed E-state index contributed by atoms with van der Waals surface area (Å²) < 4.78 is 102. The lowest BCUT2D eigenvalue weighted by molar-refractivity contribution is -0.307. The van der Waals surface area contributed by atoms with E-state index in [-0.39, 0.29) is 37.6 Å². The molecule has 0 bridgehead atoms. The summed E-state index contributed by atoms with van der Waals surface area (Å²) in [5.74, 6) is -4.17. The molecule has 2 aliphatic rings. The zero-order valence-electron chi connectivity index (χ0n) is 27.9. The molecule has 0 N–H and O–H groups in total. The van der Waals surface area contributed by atoms with Crippen molar-refractivity contribution in [2.24, 2.45) is 5.92 Å². The highest BCUT2D eigenvalue weighted by Gasteiger charge is 2.50. The van der Waals surface area contributed by atoms with Crippen molar-refractivity contribution in [3.63, 3.8) is 0 Å². The molecule has 2 saturated heterocycles. The third-order valence-electron chi connectivity index (χ3n) is 8.53. The average molecular weight is 738 g/mol. The highest BCUT2D eigenvalue weighted by Crippen LogP contribution is 2.47. The van der Waals surface area contributed by atoms with Crippen molar-refractivity contribution in [3.05, 3.63) is 95.3 Å². The molecule has 0 radical (unpaired) electrons. The van der Waals surface area contributed by atoms with Gasteiger partial charge in [0.25, 0.3) is 0 Å². The largest absolute Gasteiger partial charge is 0.534 e. The number of esters is 2. The summed E-state index contributed by atoms with van der Waals surface area (Å²) in [5.41, 5.74) is -4.94. The molecule has 274 valence electrons. The number of amides is 1. The van der Waals surface area contributed by atoms with Gasteiger partial charge in [-0.3, -0.25) is 14.4 Å². The molecule has 0 saturated carbocycles. The SMILES string of the molecule is CC(=O)O[C@@H](CC[C@H]1C(=O)N(c2ccc(OS(=O)(=O)C(F)(F)F)cc2)[C@@H]1c1ccc(C2(OC(C)=O)COC(C)(C)OC2)cc1)c1ccc(F)cc1. The Bertz CT molecular complexity index is 1850. The minimum absolute atomic E-state index is 0.00892. The van der Waals surface area contributed by atoms with Gasteiger partial charge in [0.15, 0.2) is 11.4 Å². The lowest BCUT2D eigenvalue weighted by Crippen LogP contribution is -2.55. The summed E-state index contributed by atoms with van der Waals surface area (Å²) in [4.78, 5) is 39.2. The van der Waals surface area contributed by atoms with Crippen molar-refractivity contribution in [3.8, 4) is 5.75 Å². The number of alkyl halides is 3. The molecule has 2 aliphatic heterocycles. The normalized spacial score (nSPS) is 20.5. The van der Waals surface area contributed by atoms with Gasteiger partial charge < -0.3 is 28.0 Å². The molecule has 51 heavy (non-hydrogen) atoms. The maximum atomic E-state index is 13.8. The molecule has 1 amide bonds. The summed E-state index contributed by atoms with van der Waals surface area (Å²) in [5, 5.41) is 0. The van der Waals surface area contributed by atoms with Crippen LogP contribution >= 0.6 is 0 Å². The second kappa shape index (κ2) is 14.2. The Balaban J connectivity index is 1.45. The quantitative estimate of drug-likeness (QED) is 0.0717. The minimum Gasteiger partial charge on any atom is -0.458 e. The van der Waals surface area contributed by atoms with Crippen molar-refractivity contribution in [2.75, 3.05) is 18.1 Å². The van der Waals surface area contributed by atoms with Gasteiger partial charge in [-0.15, -0.1) is 0 Å². The number of rotatable bonds is 11. The van der Waals surface area contributed by atoms with Crippen molar-refractivity contribution in [1.29, 1.82) is 0 Å². The van der Waals surface area contributed by atoms with Crippen LogP contribution < -0.4 is 9.08 Å². The number of halogens is 4. The number of hydrogen-bond acceptors (Lipinski definition) is 10. The van der Waals surface area contributed by atoms with Gasteiger partial charge in [-0.2, -0.15) is 21.6 Å². The van der Waals surface area contributed by atoms with Gasteiger partial charge in [-0.25, -0.2) is 4.39 Å². The van der Waals surface area contributed by atoms with Crippen LogP contribution in [0.4, 0.5) is 23.2 Å². The van der Waals surface area contributed by atoms with Gasteiger partial charge in [-0.1, -0.05) is 36.4 Å². The molecule has 11 nitrogen and oxygen atoms in total. The van der Waals surface area contributed by atoms with E-state index < -0.39 is 68.6 Å². The van der Waals surface area contributed by atoms with E-state index in [4.69, 9.17) is 18.9 Å². The number of nitrogens with zero attached hydrogens (tertiary/aromatic N) is 1. The monoisotopic (exact) mass is 737 g/mol. The molecule has 3 aromatic carbocycles. The van der Waals surface area contributed by atoms with E-state index >= 15 is 0 Å². The maximum absolute atomic E-state index is 13.8. The zero-order valence-corrected chi connectivity index (χ0v) is 28.8. The number of benzene rings is 3. The predicted octanol–water partition coefficient (Wildman–Crippen LogP) is 6.38. The number of ether oxygens (including phenoxy) is 4. The molecule has 2 heterocycles. The summed E-state index contributed by atoms with van der Waals surface area (Å²) in [6, 6.07) is 16.2. The Morgan fingerprint density at radius 3 is 2.04 bits per heavy atom. The maximum Gasteiger partial charge on any atom is 0.534 e. The molecule has 2 fully saturated rings. The summed E-state index contributed by atoms with van der Waals surface area (Å²) in [6.45, 7) is 5.97. The first-order chi connectivity index (χ1) is 23.8. The number of carbonyl (C=O) groups is 3. The smallest absolute Gasteiger partial charge is 0.458 e. The van der Waals surface area contributed by atoms with Crippen molar-refractivity contribution >= 4 is 33.7 Å². The highest BCUT2D eigenvalue weighted by molar-refractivity contribution is 7.88. The highest BCUT2D eigenvalue weighted by atomic mass is 32.2. The molecule has 0 aliphatic carbocycles. The first-order valence-corrected chi connectivity index (χ1v) is 17.2. The van der Waals surface area contributed by atoms with E-state index in [2.05, 4.69) is 4.18 Å². The lowest BCUT2D eigenvalue weighted by atomic mass is 9.77. The van der Waals surface area contributed by atoms with E-state index in [1.807, 2.05) is 0 Å². The Morgan fingerprint density at radius 1 is 0.922 bits per heavy atom. The van der Waals surface area contributed by atoms with Crippen LogP contribution in [0.1, 0.15) is 69.4 Å². The van der Waals surface area contributed by atoms with Gasteiger partial charge in [-0.05, 0) is 74.2 Å². The second-order valence-corrected chi connectivity index (χ2v) is 14.2. The third kappa shape index (κ3) is 8.34. The van der Waals surface area contributed by atoms with Crippen LogP contribution in [0.5, 0.6) is 5.75 Å². The fraction of sp³-hybridized carbons (Fsp3) is 0.400. The number of β-lactam (4-membered cyclic amide) rings is 1. The molecule has 16 heteroatoms. The van der Waals surface area contributed by atoms with Gasteiger partial charge in [0.05, 0.1) is 25.2 Å². The fourth-order valence-electron chi connectivity index (χ4n) is 6.05. The summed E-state index contributed by atoms with van der Waals surface area (Å²) in [7, 11) is -5.92. The standard InChI is InChI=1S/C35H35F4NO10S/c1-21(41)48-30(23-7-11-26(36)12-8-23)18-17-29-31(40(32(29)43)27-13-15-28(16-14-27)50-51(44,45)35(37,38)39)24-5-9-25(10-6-24)34(49-22(2)42)19-46-33(3,4)47-20-34/h5-16,29-31H,17-20H2,1-4H3/t29-,30+,31-/m1/s1. The molecule has 0 spiro atoms. The van der Waals surface area contributed by atoms with Crippen LogP contribution in [-0.2, 0) is 49.1 Å². The molecule has 3 aromatic rings. The minimum atomic E-state index is -5.92. The zero-order chi connectivity index (χ0) is 37.4. The summed E-state index contributed by atoms with van der Waals surface area (Å²) >= 11 is 0. The van der Waals surface area contributed by atoms with E-state index in [0.29, 0.717) is 16.7 Å². The topological polar surface area (TPSA) is 135 Å². The van der Waals surface area contributed by atoms with E-state index in [1.54, 1.807) is 38.1 Å². The van der Waals surface area contributed by atoms with E-state index in [1.165, 1.54) is 55.1 Å². The molecule has 3 atom stereocenters. The first-order valence-electron chi connectivity index (χ1n) is 15.8. The first kappa shape index (κ1) is 37.7. The van der Waals surface area contributed by atoms with Crippen LogP contribution in [0.3, 0.4) is 0 Å². The molecular formula is C35H35F4NO10S. The Hall–Kier alpha value is -4.54.